The predicted octanol–water partition coefficient (Wildman–Crippen LogP) is 3.07. The molecular weight excluding hydrogens is 645 g/mol. The average Bonchev–Trinajstić information content (AvgIpc) is 3.02. The molecular formula is C32H33F3N2O9S. The normalized spacial score (nSPS) is 16.7. The highest BCUT2D eigenvalue weighted by molar-refractivity contribution is 7.89. The van der Waals surface area contributed by atoms with E-state index in [-0.39, 0.29) is 23.5 Å². The minimum Gasteiger partial charge on any atom is -0.542 e. The van der Waals surface area contributed by atoms with E-state index in [0.29, 0.717) is 39.8 Å². The highest BCUT2D eigenvalue weighted by atomic mass is 32.2. The summed E-state index contributed by atoms with van der Waals surface area (Å²) in [6, 6.07) is 16.5. The maximum atomic E-state index is 13.7. The number of carboxylic acids is 1. The Bertz CT molecular complexity index is 1710. The van der Waals surface area contributed by atoms with Gasteiger partial charge in [0.15, 0.2) is 28.8 Å². The highest BCUT2D eigenvalue weighted by Gasteiger charge is 2.31. The first-order valence-corrected chi connectivity index (χ1v) is 15.2. The fourth-order valence-electron chi connectivity index (χ4n) is 4.61. The number of benzene rings is 3. The van der Waals surface area contributed by atoms with E-state index in [1.54, 1.807) is 62.8 Å². The van der Waals surface area contributed by atoms with Crippen molar-refractivity contribution in [3.8, 4) is 23.0 Å². The molecule has 0 aliphatic heterocycles. The molecule has 15 heteroatoms. The van der Waals surface area contributed by atoms with Gasteiger partial charge in [-0.3, -0.25) is 4.79 Å². The first-order chi connectivity index (χ1) is 22.1. The number of hydrogen-bond donors (Lipinski definition) is 2. The molecule has 0 radical (unpaired) electrons. The number of ether oxygens (including phenoxy) is 4. The Morgan fingerprint density at radius 2 is 1.28 bits per heavy atom. The highest BCUT2D eigenvalue weighted by Crippen LogP contribution is 2.34. The number of rotatable bonds is 9. The minimum absolute atomic E-state index is 0.118. The van der Waals surface area contributed by atoms with Crippen molar-refractivity contribution in [3.63, 3.8) is 0 Å². The summed E-state index contributed by atoms with van der Waals surface area (Å²) in [4.78, 5) is 22.6. The minimum atomic E-state index is -5.19. The number of nitrogens with one attached hydrogen (secondary N) is 1. The van der Waals surface area contributed by atoms with Crippen LogP contribution in [0.3, 0.4) is 0 Å². The van der Waals surface area contributed by atoms with Crippen molar-refractivity contribution < 1.29 is 61.0 Å². The number of aliphatic carboxylic acids is 1. The van der Waals surface area contributed by atoms with Crippen LogP contribution in [0.5, 0.6) is 23.0 Å². The van der Waals surface area contributed by atoms with E-state index in [1.807, 2.05) is 12.1 Å². The molecule has 0 amide bonds. The van der Waals surface area contributed by atoms with Gasteiger partial charge in [0.2, 0.25) is 10.0 Å². The molecule has 4 N–H and O–H groups in total. The van der Waals surface area contributed by atoms with E-state index < -0.39 is 28.2 Å². The lowest BCUT2D eigenvalue weighted by Crippen LogP contribution is -2.41. The summed E-state index contributed by atoms with van der Waals surface area (Å²) in [5, 5.41) is 8.78. The summed E-state index contributed by atoms with van der Waals surface area (Å²) in [5.41, 5.74) is 6.78. The van der Waals surface area contributed by atoms with E-state index in [1.165, 1.54) is 26.4 Å². The maximum absolute atomic E-state index is 13.7. The molecule has 1 fully saturated rings. The molecule has 1 saturated carbocycles. The molecule has 47 heavy (non-hydrogen) atoms. The number of carbonyl (C=O) groups is 2. The number of sulfonamides is 1. The van der Waals surface area contributed by atoms with Gasteiger partial charge in [0.05, 0.1) is 33.3 Å². The van der Waals surface area contributed by atoms with Crippen LogP contribution < -0.4 is 34.5 Å². The summed E-state index contributed by atoms with van der Waals surface area (Å²) in [7, 11) is 2.31. The van der Waals surface area contributed by atoms with Crippen LogP contribution in [0.15, 0.2) is 76.7 Å². The Labute approximate surface area is 269 Å². The first-order valence-electron chi connectivity index (χ1n) is 13.7. The molecule has 0 saturated heterocycles. The number of methoxy groups -OCH3 is 4. The number of alkyl halides is 3. The Morgan fingerprint density at radius 3 is 1.66 bits per heavy atom. The molecule has 0 heterocycles. The van der Waals surface area contributed by atoms with Gasteiger partial charge in [-0.05, 0) is 72.5 Å². The van der Waals surface area contributed by atoms with E-state index in [2.05, 4.69) is 10.5 Å². The second-order valence-corrected chi connectivity index (χ2v) is 11.8. The average molecular weight is 679 g/mol. The molecule has 0 aromatic heterocycles. The van der Waals surface area contributed by atoms with Crippen LogP contribution in [-0.2, 0) is 19.6 Å². The summed E-state index contributed by atoms with van der Waals surface area (Å²) in [6.45, 7) is 0. The lowest BCUT2D eigenvalue weighted by molar-refractivity contribution is -0.344. The van der Waals surface area contributed by atoms with Gasteiger partial charge in [0.1, 0.15) is 11.7 Å². The maximum Gasteiger partial charge on any atom is 0.430 e. The van der Waals surface area contributed by atoms with Gasteiger partial charge in [0.25, 0.3) is 0 Å². The van der Waals surface area contributed by atoms with E-state index in [4.69, 9.17) is 28.8 Å². The second kappa shape index (κ2) is 15.6. The van der Waals surface area contributed by atoms with E-state index in [9.17, 15) is 26.4 Å². The zero-order valence-corrected chi connectivity index (χ0v) is 26.7. The summed E-state index contributed by atoms with van der Waals surface area (Å²) in [5.74, 6) is -1.01. The Hall–Kier alpha value is -4.86. The van der Waals surface area contributed by atoms with Crippen molar-refractivity contribution in [1.82, 2.24) is 4.72 Å². The van der Waals surface area contributed by atoms with Crippen LogP contribution in [0.2, 0.25) is 0 Å². The number of hydrogen-bond acceptors (Lipinski definition) is 9. The number of ketones is 1. The smallest absolute Gasteiger partial charge is 0.430 e. The summed E-state index contributed by atoms with van der Waals surface area (Å²) < 4.78 is 82.3. The van der Waals surface area contributed by atoms with Crippen molar-refractivity contribution in [2.75, 3.05) is 28.4 Å². The summed E-state index contributed by atoms with van der Waals surface area (Å²) in [6.07, 6.45) is -1.27. The molecule has 0 unspecified atom stereocenters. The fourth-order valence-corrected chi connectivity index (χ4v) is 5.92. The van der Waals surface area contributed by atoms with E-state index in [0.717, 1.165) is 11.1 Å². The molecule has 0 spiro atoms. The number of halogens is 3. The Morgan fingerprint density at radius 1 is 0.830 bits per heavy atom. The molecule has 11 nitrogen and oxygen atoms in total. The number of quaternary nitrogens is 1. The van der Waals surface area contributed by atoms with Gasteiger partial charge in [-0.25, -0.2) is 13.1 Å². The van der Waals surface area contributed by atoms with Crippen LogP contribution in [0.1, 0.15) is 24.0 Å². The second-order valence-electron chi connectivity index (χ2n) is 10.1. The van der Waals surface area contributed by atoms with Crippen molar-refractivity contribution >= 4 is 39.6 Å². The van der Waals surface area contributed by atoms with Gasteiger partial charge >= 0.3 is 6.18 Å². The van der Waals surface area contributed by atoms with Crippen LogP contribution >= 0.6 is 0 Å². The van der Waals surface area contributed by atoms with Crippen LogP contribution in [-0.4, -0.2) is 60.8 Å². The third-order valence-corrected chi connectivity index (χ3v) is 8.29. The standard InChI is InChI=1S/C30H32N2O7S.C2HF3O2/c1-36-26-10-8-19(14-28(26)38-3)12-21-16-24(32-40(34,35)25-7-5-6-23(31)18-25)17-22(30(21)33)13-20-9-11-27(37-2)29(15-20)39-4;3-2(4,5)1(6)7/h5-15,18,24,32H,16-17,31H2,1-4H3;(H,6,7)/b21-12+,22-13+;. The van der Waals surface area contributed by atoms with Crippen LogP contribution in [0, 0.1) is 0 Å². The van der Waals surface area contributed by atoms with E-state index >= 15 is 0 Å². The molecule has 0 atom stereocenters. The molecule has 1 aliphatic carbocycles. The van der Waals surface area contributed by atoms with Gasteiger partial charge in [-0.2, -0.15) is 13.2 Å². The van der Waals surface area contributed by atoms with Crippen molar-refractivity contribution in [2.24, 2.45) is 0 Å². The molecule has 0 bridgehead atoms. The number of carboxylic acid groups (broad SMARTS) is 1. The molecule has 3 aromatic rings. The third kappa shape index (κ3) is 9.81. The Balaban J connectivity index is 0.000000771. The molecule has 3 aromatic carbocycles. The largest absolute Gasteiger partial charge is 0.542 e. The third-order valence-electron chi connectivity index (χ3n) is 6.77. The zero-order valence-electron chi connectivity index (χ0n) is 25.8. The molecule has 1 aliphatic rings. The zero-order chi connectivity index (χ0) is 34.9. The molecule has 4 rings (SSSR count). The van der Waals surface area contributed by atoms with Crippen molar-refractivity contribution in [1.29, 1.82) is 0 Å². The van der Waals surface area contributed by atoms with Gasteiger partial charge in [0, 0.05) is 23.3 Å². The number of carbonyl (C=O) groups excluding carboxylic acids is 2. The SMILES string of the molecule is COc1ccc(/C=C2\CC(NS(=O)(=O)c3cccc([NH3+])c3)C/C(=C\c3ccc(OC)c(OC)c3)C2=O)cc1OC.O=C([O-])C(F)(F)F. The first kappa shape index (κ1) is 36.6. The van der Waals surface area contributed by atoms with Gasteiger partial charge in [-0.15, -0.1) is 0 Å². The molecule has 252 valence electrons. The summed E-state index contributed by atoms with van der Waals surface area (Å²) >= 11 is 0. The predicted molar refractivity (Wildman–Crippen MR) is 163 cm³/mol. The van der Waals surface area contributed by atoms with Crippen LogP contribution in [0.25, 0.3) is 12.2 Å². The van der Waals surface area contributed by atoms with Crippen molar-refractivity contribution in [3.05, 3.63) is 82.9 Å². The fraction of sp³-hybridized carbons (Fsp3) is 0.250. The lowest BCUT2D eigenvalue weighted by Gasteiger charge is -2.26. The lowest BCUT2D eigenvalue weighted by atomic mass is 9.84. The van der Waals surface area contributed by atoms with Crippen molar-refractivity contribution in [2.45, 2.75) is 30.0 Å². The van der Waals surface area contributed by atoms with Crippen LogP contribution in [0.4, 0.5) is 18.9 Å². The van der Waals surface area contributed by atoms with Gasteiger partial charge in [-0.1, -0.05) is 18.2 Å². The number of Topliss-reactive ketones (excluding diaryl/α,β-unsaturated/α-hetero) is 1. The van der Waals surface area contributed by atoms with Gasteiger partial charge < -0.3 is 34.6 Å². The monoisotopic (exact) mass is 678 g/mol. The topological polar surface area (TPSA) is 168 Å². The Kier molecular flexibility index (Phi) is 12.2. The quantitative estimate of drug-likeness (QED) is 0.323.